The van der Waals surface area contributed by atoms with Crippen molar-refractivity contribution < 1.29 is 17.9 Å². The van der Waals surface area contributed by atoms with Crippen LogP contribution in [0.4, 0.5) is 0 Å². The second kappa shape index (κ2) is 7.49. The van der Waals surface area contributed by atoms with Gasteiger partial charge in [0.1, 0.15) is 5.75 Å². The number of hydrogen-bond acceptors (Lipinski definition) is 4. The minimum Gasteiger partial charge on any atom is -0.497 e. The summed E-state index contributed by atoms with van der Waals surface area (Å²) in [7, 11) is -1.71. The number of carbonyl (C=O) groups excluding carboxylic acids is 1. The molecule has 0 aliphatic carbocycles. The first-order valence-electron chi connectivity index (χ1n) is 7.59. The monoisotopic (exact) mass is 347 g/mol. The van der Waals surface area contributed by atoms with Crippen LogP contribution in [-0.2, 0) is 16.4 Å². The van der Waals surface area contributed by atoms with Crippen LogP contribution in [0.3, 0.4) is 0 Å². The quantitative estimate of drug-likeness (QED) is 0.872. The molecule has 2 aromatic carbocycles. The van der Waals surface area contributed by atoms with Gasteiger partial charge in [0.25, 0.3) is 5.91 Å². The fraction of sp³-hybridized carbons (Fsp3) is 0.278. The molecule has 6 heteroatoms. The molecule has 5 nitrogen and oxygen atoms in total. The number of methoxy groups -OCH3 is 1. The maximum Gasteiger partial charge on any atom is 0.251 e. The molecule has 2 aromatic rings. The zero-order valence-electron chi connectivity index (χ0n) is 13.9. The van der Waals surface area contributed by atoms with Gasteiger partial charge >= 0.3 is 0 Å². The molecular formula is C18H21NO4S. The highest BCUT2D eigenvalue weighted by Crippen LogP contribution is 2.16. The fourth-order valence-electron chi connectivity index (χ4n) is 2.10. The Kier molecular flexibility index (Phi) is 5.62. The van der Waals surface area contributed by atoms with E-state index >= 15 is 0 Å². The van der Waals surface area contributed by atoms with Gasteiger partial charge < -0.3 is 10.1 Å². The molecule has 0 aromatic heterocycles. The molecule has 128 valence electrons. The maximum absolute atomic E-state index is 12.1. The lowest BCUT2D eigenvalue weighted by Crippen LogP contribution is -2.22. The summed E-state index contributed by atoms with van der Waals surface area (Å²) < 4.78 is 29.2. The normalized spacial score (nSPS) is 11.3. The smallest absolute Gasteiger partial charge is 0.251 e. The highest BCUT2D eigenvalue weighted by molar-refractivity contribution is 7.92. The van der Waals surface area contributed by atoms with Gasteiger partial charge in [0.2, 0.25) is 0 Å². The minimum atomic E-state index is -3.27. The second-order valence-corrected chi connectivity index (χ2v) is 8.15. The van der Waals surface area contributed by atoms with E-state index in [4.69, 9.17) is 4.74 Å². The summed E-state index contributed by atoms with van der Waals surface area (Å²) >= 11 is 0. The van der Waals surface area contributed by atoms with Crippen molar-refractivity contribution in [2.75, 3.05) is 7.11 Å². The number of hydrogen-bond donors (Lipinski definition) is 1. The summed E-state index contributed by atoms with van der Waals surface area (Å²) in [4.78, 5) is 12.4. The van der Waals surface area contributed by atoms with Crippen LogP contribution in [0.15, 0.2) is 53.4 Å². The van der Waals surface area contributed by atoms with Crippen LogP contribution in [-0.4, -0.2) is 26.7 Å². The van der Waals surface area contributed by atoms with Crippen LogP contribution in [0.1, 0.15) is 29.8 Å². The Bertz CT molecular complexity index is 794. The van der Waals surface area contributed by atoms with Crippen molar-refractivity contribution in [3.63, 3.8) is 0 Å². The predicted octanol–water partition coefficient (Wildman–Crippen LogP) is 2.81. The van der Waals surface area contributed by atoms with Crippen LogP contribution >= 0.6 is 0 Å². The largest absolute Gasteiger partial charge is 0.497 e. The van der Waals surface area contributed by atoms with Gasteiger partial charge in [-0.15, -0.1) is 0 Å². The summed E-state index contributed by atoms with van der Waals surface area (Å²) in [5, 5.41) is 2.34. The first-order valence-corrected chi connectivity index (χ1v) is 9.14. The van der Waals surface area contributed by atoms with Crippen molar-refractivity contribution >= 4 is 15.7 Å². The van der Waals surface area contributed by atoms with E-state index in [1.165, 1.54) is 0 Å². The molecule has 0 radical (unpaired) electrons. The van der Waals surface area contributed by atoms with Gasteiger partial charge in [0.15, 0.2) is 9.84 Å². The van der Waals surface area contributed by atoms with Gasteiger partial charge in [-0.05, 0) is 55.8 Å². The van der Waals surface area contributed by atoms with E-state index in [0.29, 0.717) is 22.8 Å². The van der Waals surface area contributed by atoms with Gasteiger partial charge in [0.05, 0.1) is 17.3 Å². The third-order valence-electron chi connectivity index (χ3n) is 3.68. The van der Waals surface area contributed by atoms with Crippen molar-refractivity contribution in [2.24, 2.45) is 0 Å². The Hall–Kier alpha value is -2.34. The maximum atomic E-state index is 12.1. The van der Waals surface area contributed by atoms with Crippen molar-refractivity contribution in [2.45, 2.75) is 30.5 Å². The molecule has 0 fully saturated rings. The Balaban J connectivity index is 2.00. The van der Waals surface area contributed by atoms with Crippen molar-refractivity contribution in [1.29, 1.82) is 0 Å². The molecule has 0 aliphatic rings. The fourth-order valence-corrected chi connectivity index (χ4v) is 3.16. The van der Waals surface area contributed by atoms with E-state index in [0.717, 1.165) is 5.56 Å². The molecule has 0 saturated heterocycles. The summed E-state index contributed by atoms with van der Waals surface area (Å²) in [6.45, 7) is 3.63. The van der Waals surface area contributed by atoms with Gasteiger partial charge in [-0.25, -0.2) is 8.42 Å². The summed E-state index contributed by atoms with van der Waals surface area (Å²) in [6, 6.07) is 13.4. The van der Waals surface area contributed by atoms with Crippen molar-refractivity contribution in [1.82, 2.24) is 5.32 Å². The predicted molar refractivity (Wildman–Crippen MR) is 92.9 cm³/mol. The van der Waals surface area contributed by atoms with Crippen LogP contribution in [0, 0.1) is 0 Å². The van der Waals surface area contributed by atoms with Crippen LogP contribution < -0.4 is 10.1 Å². The van der Waals surface area contributed by atoms with Crippen LogP contribution in [0.2, 0.25) is 0 Å². The molecule has 2 rings (SSSR count). The van der Waals surface area contributed by atoms with Gasteiger partial charge in [-0.2, -0.15) is 0 Å². The lowest BCUT2D eigenvalue weighted by molar-refractivity contribution is 0.0951. The molecular weight excluding hydrogens is 326 g/mol. The first kappa shape index (κ1) is 18.0. The van der Waals surface area contributed by atoms with Crippen LogP contribution in [0.25, 0.3) is 0 Å². The molecule has 0 aliphatic heterocycles. The van der Waals surface area contributed by atoms with E-state index in [9.17, 15) is 13.2 Å². The number of nitrogens with one attached hydrogen (secondary N) is 1. The molecule has 24 heavy (non-hydrogen) atoms. The zero-order chi connectivity index (χ0) is 17.7. The summed E-state index contributed by atoms with van der Waals surface area (Å²) in [5.74, 6) is 0.491. The molecule has 1 N–H and O–H groups in total. The van der Waals surface area contributed by atoms with E-state index < -0.39 is 15.1 Å². The highest BCUT2D eigenvalue weighted by atomic mass is 32.2. The van der Waals surface area contributed by atoms with Crippen LogP contribution in [0.5, 0.6) is 5.75 Å². The average Bonchev–Trinajstić information content (AvgIpc) is 2.60. The SMILES string of the molecule is COc1ccc(C(=O)NCc2ccc(S(=O)(=O)C(C)C)cc2)cc1. The molecule has 0 saturated carbocycles. The highest BCUT2D eigenvalue weighted by Gasteiger charge is 2.18. The molecule has 0 heterocycles. The van der Waals surface area contributed by atoms with E-state index in [1.54, 1.807) is 69.5 Å². The third-order valence-corrected chi connectivity index (χ3v) is 5.85. The Labute approximate surface area is 142 Å². The molecule has 0 spiro atoms. The third kappa shape index (κ3) is 4.14. The minimum absolute atomic E-state index is 0.198. The molecule has 1 amide bonds. The topological polar surface area (TPSA) is 72.5 Å². The van der Waals surface area contributed by atoms with Crippen molar-refractivity contribution in [3.05, 3.63) is 59.7 Å². The lowest BCUT2D eigenvalue weighted by Gasteiger charge is -2.09. The molecule has 0 unspecified atom stereocenters. The summed E-state index contributed by atoms with van der Waals surface area (Å²) in [5.41, 5.74) is 1.37. The van der Waals surface area contributed by atoms with Gasteiger partial charge in [-0.3, -0.25) is 4.79 Å². The number of rotatable bonds is 6. The first-order chi connectivity index (χ1) is 11.3. The lowest BCUT2D eigenvalue weighted by atomic mass is 10.2. The Morgan fingerprint density at radius 2 is 1.62 bits per heavy atom. The number of ether oxygens (including phenoxy) is 1. The van der Waals surface area contributed by atoms with Gasteiger partial charge in [-0.1, -0.05) is 12.1 Å². The van der Waals surface area contributed by atoms with Gasteiger partial charge in [0, 0.05) is 12.1 Å². The number of sulfone groups is 1. The zero-order valence-corrected chi connectivity index (χ0v) is 14.8. The average molecular weight is 347 g/mol. The van der Waals surface area contributed by atoms with E-state index in [-0.39, 0.29) is 5.91 Å². The van der Waals surface area contributed by atoms with E-state index in [1.807, 2.05) is 0 Å². The molecule has 0 bridgehead atoms. The van der Waals surface area contributed by atoms with E-state index in [2.05, 4.69) is 5.32 Å². The van der Waals surface area contributed by atoms with Crippen molar-refractivity contribution in [3.8, 4) is 5.75 Å². The summed E-state index contributed by atoms with van der Waals surface area (Å²) in [6.07, 6.45) is 0. The second-order valence-electron chi connectivity index (χ2n) is 5.65. The standard InChI is InChI=1S/C18H21NO4S/c1-13(2)24(21,22)17-10-4-14(5-11-17)12-19-18(20)15-6-8-16(23-3)9-7-15/h4-11,13H,12H2,1-3H3,(H,19,20). The number of carbonyl (C=O) groups is 1. The Morgan fingerprint density at radius 3 is 2.12 bits per heavy atom. The number of benzene rings is 2. The number of amides is 1. The molecule has 0 atom stereocenters. The Morgan fingerprint density at radius 1 is 1.04 bits per heavy atom.